The second-order valence-electron chi connectivity index (χ2n) is 7.10. The second-order valence-corrected chi connectivity index (χ2v) is 7.10. The first kappa shape index (κ1) is 20.6. The molecule has 1 aromatic rings. The van der Waals surface area contributed by atoms with E-state index in [1.807, 2.05) is 37.1 Å². The minimum Gasteiger partial charge on any atom is -0.374 e. The molecule has 5 nitrogen and oxygen atoms in total. The summed E-state index contributed by atoms with van der Waals surface area (Å²) in [5.74, 6) is -0.363. The van der Waals surface area contributed by atoms with Gasteiger partial charge in [0.1, 0.15) is 5.78 Å². The number of benzene rings is 1. The average Bonchev–Trinajstić information content (AvgIpc) is 2.86. The monoisotopic (exact) mass is 368 g/mol. The quantitative estimate of drug-likeness (QED) is 0.665. The molecule has 27 heavy (non-hydrogen) atoms. The average molecular weight is 368 g/mol. The Bertz CT molecular complexity index is 810. The maximum Gasteiger partial charge on any atom is 0.259 e. The third-order valence-corrected chi connectivity index (χ3v) is 5.09. The third-order valence-electron chi connectivity index (χ3n) is 5.09. The van der Waals surface area contributed by atoms with Gasteiger partial charge in [0.15, 0.2) is 5.78 Å². The van der Waals surface area contributed by atoms with E-state index in [1.54, 1.807) is 0 Å². The van der Waals surface area contributed by atoms with E-state index in [9.17, 15) is 14.4 Å². The summed E-state index contributed by atoms with van der Waals surface area (Å²) in [6.07, 6.45) is 1.39. The summed E-state index contributed by atoms with van der Waals surface area (Å²) < 4.78 is 0. The second kappa shape index (κ2) is 8.33. The Hall–Kier alpha value is -2.69. The van der Waals surface area contributed by atoms with Gasteiger partial charge < -0.3 is 9.69 Å². The zero-order valence-electron chi connectivity index (χ0n) is 16.7. The van der Waals surface area contributed by atoms with Gasteiger partial charge in [-0.3, -0.25) is 14.5 Å². The van der Waals surface area contributed by atoms with Crippen LogP contribution in [0.25, 0.3) is 5.70 Å². The lowest BCUT2D eigenvalue weighted by atomic mass is 10.0. The molecule has 0 spiro atoms. The van der Waals surface area contributed by atoms with E-state index in [-0.39, 0.29) is 23.9 Å². The Morgan fingerprint density at radius 2 is 1.93 bits per heavy atom. The number of Topliss-reactive ketones (excluding diaryl/α,β-unsaturated/α-hetero) is 2. The van der Waals surface area contributed by atoms with Crippen LogP contribution < -0.4 is 0 Å². The lowest BCUT2D eigenvalue weighted by molar-refractivity contribution is -0.121. The molecule has 2 rings (SSSR count). The van der Waals surface area contributed by atoms with Crippen molar-refractivity contribution < 1.29 is 14.4 Å². The third kappa shape index (κ3) is 4.18. The summed E-state index contributed by atoms with van der Waals surface area (Å²) in [7, 11) is 1.95. The fraction of sp³-hybridized carbons (Fsp3) is 0.409. The molecule has 5 heteroatoms. The molecule has 0 radical (unpaired) electrons. The lowest BCUT2D eigenvalue weighted by Gasteiger charge is -2.26. The van der Waals surface area contributed by atoms with Crippen molar-refractivity contribution >= 4 is 23.2 Å². The molecule has 1 unspecified atom stereocenters. The molecule has 0 N–H and O–H groups in total. The van der Waals surface area contributed by atoms with Crippen LogP contribution in [0.2, 0.25) is 0 Å². The first-order chi connectivity index (χ1) is 12.7. The maximum atomic E-state index is 13.2. The van der Waals surface area contributed by atoms with Gasteiger partial charge in [-0.15, -0.1) is 0 Å². The topological polar surface area (TPSA) is 57.7 Å². The smallest absolute Gasteiger partial charge is 0.259 e. The summed E-state index contributed by atoms with van der Waals surface area (Å²) in [6.45, 7) is 13.6. The fourth-order valence-corrected chi connectivity index (χ4v) is 3.42. The van der Waals surface area contributed by atoms with Crippen LogP contribution >= 0.6 is 0 Å². The van der Waals surface area contributed by atoms with Crippen molar-refractivity contribution in [1.29, 1.82) is 0 Å². The Kier molecular flexibility index (Phi) is 6.37. The summed E-state index contributed by atoms with van der Waals surface area (Å²) in [5, 5.41) is 0. The van der Waals surface area contributed by atoms with Gasteiger partial charge in [-0.1, -0.05) is 38.3 Å². The molecule has 0 saturated carbocycles. The summed E-state index contributed by atoms with van der Waals surface area (Å²) in [6, 6.07) is 5.01. The number of ketones is 2. The van der Waals surface area contributed by atoms with Crippen LogP contribution in [0.15, 0.2) is 37.1 Å². The molecule has 0 aliphatic carbocycles. The Morgan fingerprint density at radius 3 is 2.48 bits per heavy atom. The Morgan fingerprint density at radius 1 is 1.26 bits per heavy atom. The predicted octanol–water partition coefficient (Wildman–Crippen LogP) is 3.80. The van der Waals surface area contributed by atoms with Crippen molar-refractivity contribution in [2.75, 3.05) is 7.05 Å². The van der Waals surface area contributed by atoms with Crippen LogP contribution in [0.3, 0.4) is 0 Å². The Balaban J connectivity index is 2.38. The molecule has 0 saturated heterocycles. The van der Waals surface area contributed by atoms with E-state index in [4.69, 9.17) is 0 Å². The van der Waals surface area contributed by atoms with E-state index in [0.29, 0.717) is 24.2 Å². The van der Waals surface area contributed by atoms with Crippen molar-refractivity contribution in [1.82, 2.24) is 9.80 Å². The molecular weight excluding hydrogens is 340 g/mol. The zero-order chi connectivity index (χ0) is 20.3. The van der Waals surface area contributed by atoms with E-state index in [2.05, 4.69) is 13.2 Å². The van der Waals surface area contributed by atoms with E-state index in [0.717, 1.165) is 23.2 Å². The number of allylic oxidation sites excluding steroid dienone is 1. The molecule has 1 aliphatic heterocycles. The van der Waals surface area contributed by atoms with Crippen LogP contribution in [0.5, 0.6) is 0 Å². The SMILES string of the molecule is C=C(CC)N(C)Cc1cccc2c1C(=O)N(C(CCC(C)=O)C(C)=O)C2=C. The summed E-state index contributed by atoms with van der Waals surface area (Å²) in [4.78, 5) is 40.3. The number of hydrogen-bond donors (Lipinski definition) is 0. The van der Waals surface area contributed by atoms with Gasteiger partial charge in [0.05, 0.1) is 11.6 Å². The van der Waals surface area contributed by atoms with E-state index < -0.39 is 6.04 Å². The van der Waals surface area contributed by atoms with Crippen molar-refractivity contribution in [3.63, 3.8) is 0 Å². The highest BCUT2D eigenvalue weighted by Gasteiger charge is 2.39. The largest absolute Gasteiger partial charge is 0.374 e. The molecule has 1 heterocycles. The number of fused-ring (bicyclic) bond motifs is 1. The van der Waals surface area contributed by atoms with E-state index >= 15 is 0 Å². The molecular formula is C22H28N2O3. The minimum absolute atomic E-state index is 0.00332. The van der Waals surface area contributed by atoms with Crippen LogP contribution in [-0.4, -0.2) is 40.4 Å². The molecule has 1 aromatic carbocycles. The minimum atomic E-state index is -0.669. The number of carbonyl (C=O) groups excluding carboxylic acids is 3. The van der Waals surface area contributed by atoms with Crippen molar-refractivity contribution in [2.45, 2.75) is 52.6 Å². The number of nitrogens with zero attached hydrogens (tertiary/aromatic N) is 2. The number of rotatable bonds is 9. The molecule has 0 fully saturated rings. The van der Waals surface area contributed by atoms with Gasteiger partial charge >= 0.3 is 0 Å². The van der Waals surface area contributed by atoms with Crippen LogP contribution in [0.1, 0.15) is 61.5 Å². The highest BCUT2D eigenvalue weighted by Crippen LogP contribution is 2.36. The molecule has 1 atom stereocenters. The van der Waals surface area contributed by atoms with Gasteiger partial charge in [-0.25, -0.2) is 0 Å². The predicted molar refractivity (Wildman–Crippen MR) is 107 cm³/mol. The highest BCUT2D eigenvalue weighted by molar-refractivity contribution is 6.12. The normalized spacial score (nSPS) is 14.1. The van der Waals surface area contributed by atoms with E-state index in [1.165, 1.54) is 18.7 Å². The molecule has 1 amide bonds. The van der Waals surface area contributed by atoms with Gasteiger partial charge in [0.25, 0.3) is 5.91 Å². The zero-order valence-corrected chi connectivity index (χ0v) is 16.7. The van der Waals surface area contributed by atoms with Crippen LogP contribution in [-0.2, 0) is 16.1 Å². The van der Waals surface area contributed by atoms with Crippen LogP contribution in [0.4, 0.5) is 0 Å². The first-order valence-corrected chi connectivity index (χ1v) is 9.22. The maximum absolute atomic E-state index is 13.2. The fourth-order valence-electron chi connectivity index (χ4n) is 3.42. The molecule has 144 valence electrons. The van der Waals surface area contributed by atoms with Gasteiger partial charge in [0.2, 0.25) is 0 Å². The lowest BCUT2D eigenvalue weighted by Crippen LogP contribution is -2.40. The standard InChI is InChI=1S/C22H28N2O3/c1-7-14(2)23(6)13-18-9-8-10-19-16(4)24(22(27)21(18)19)20(17(5)26)12-11-15(3)25/h8-10,20H,2,4,7,11-13H2,1,3,5-6H3. The Labute approximate surface area is 161 Å². The number of amides is 1. The van der Waals surface area contributed by atoms with Gasteiger partial charge in [-0.2, -0.15) is 0 Å². The van der Waals surface area contributed by atoms with Crippen molar-refractivity contribution in [3.8, 4) is 0 Å². The highest BCUT2D eigenvalue weighted by atomic mass is 16.2. The number of hydrogen-bond acceptors (Lipinski definition) is 4. The number of carbonyl (C=O) groups is 3. The molecule has 0 aromatic heterocycles. The van der Waals surface area contributed by atoms with Gasteiger partial charge in [0, 0.05) is 37.0 Å². The van der Waals surface area contributed by atoms with Crippen LogP contribution in [0, 0.1) is 0 Å². The molecule has 0 bridgehead atoms. The summed E-state index contributed by atoms with van der Waals surface area (Å²) >= 11 is 0. The van der Waals surface area contributed by atoms with Gasteiger partial charge in [-0.05, 0) is 32.3 Å². The van der Waals surface area contributed by atoms with Crippen molar-refractivity contribution in [3.05, 3.63) is 53.7 Å². The van der Waals surface area contributed by atoms with Crippen molar-refractivity contribution in [2.24, 2.45) is 0 Å². The first-order valence-electron chi connectivity index (χ1n) is 9.22. The summed E-state index contributed by atoms with van der Waals surface area (Å²) in [5.41, 5.74) is 3.73. The molecule has 1 aliphatic rings.